The first kappa shape index (κ1) is 12.4. The van der Waals surface area contributed by atoms with Crippen LogP contribution in [0.4, 0.5) is 11.4 Å². The van der Waals surface area contributed by atoms with Crippen molar-refractivity contribution in [3.8, 4) is 5.75 Å². The number of piperidine rings is 1. The second-order valence-electron chi connectivity index (χ2n) is 4.59. The summed E-state index contributed by atoms with van der Waals surface area (Å²) in [6, 6.07) is 4.16. The van der Waals surface area contributed by atoms with Crippen LogP contribution in [0.25, 0.3) is 0 Å². The molecule has 1 fully saturated rings. The monoisotopic (exact) mass is 254 g/mol. The van der Waals surface area contributed by atoms with E-state index in [-0.39, 0.29) is 0 Å². The maximum absolute atomic E-state index is 6.31. The van der Waals surface area contributed by atoms with Gasteiger partial charge in [-0.2, -0.15) is 0 Å². The van der Waals surface area contributed by atoms with E-state index in [0.29, 0.717) is 22.5 Å². The lowest BCUT2D eigenvalue weighted by Crippen LogP contribution is -2.38. The molecule has 0 aromatic heterocycles. The second-order valence-corrected chi connectivity index (χ2v) is 4.99. The Morgan fingerprint density at radius 2 is 2.18 bits per heavy atom. The van der Waals surface area contributed by atoms with E-state index in [1.807, 2.05) is 12.1 Å². The van der Waals surface area contributed by atoms with Crippen molar-refractivity contribution in [3.63, 3.8) is 0 Å². The van der Waals surface area contributed by atoms with Gasteiger partial charge >= 0.3 is 0 Å². The van der Waals surface area contributed by atoms with Crippen LogP contribution in [-0.2, 0) is 0 Å². The zero-order valence-corrected chi connectivity index (χ0v) is 11.1. The van der Waals surface area contributed by atoms with Crippen LogP contribution in [0, 0.1) is 0 Å². The van der Waals surface area contributed by atoms with Crippen molar-refractivity contribution in [3.05, 3.63) is 17.2 Å². The highest BCUT2D eigenvalue weighted by atomic mass is 35.5. The number of halogens is 1. The highest BCUT2D eigenvalue weighted by Crippen LogP contribution is 2.38. The van der Waals surface area contributed by atoms with E-state index >= 15 is 0 Å². The van der Waals surface area contributed by atoms with Crippen LogP contribution in [0.2, 0.25) is 5.02 Å². The van der Waals surface area contributed by atoms with E-state index in [9.17, 15) is 0 Å². The third-order valence-electron chi connectivity index (χ3n) is 3.39. The Labute approximate surface area is 107 Å². The van der Waals surface area contributed by atoms with Crippen LogP contribution in [0.3, 0.4) is 0 Å². The minimum absolute atomic E-state index is 0.497. The van der Waals surface area contributed by atoms with Gasteiger partial charge < -0.3 is 15.4 Å². The van der Waals surface area contributed by atoms with Crippen molar-refractivity contribution in [2.45, 2.75) is 32.2 Å². The molecule has 1 aromatic rings. The third kappa shape index (κ3) is 2.44. The molecule has 1 aliphatic heterocycles. The Morgan fingerprint density at radius 1 is 1.41 bits per heavy atom. The first-order valence-electron chi connectivity index (χ1n) is 6.03. The van der Waals surface area contributed by atoms with Gasteiger partial charge in [0.05, 0.1) is 23.5 Å². The van der Waals surface area contributed by atoms with Crippen molar-refractivity contribution in [2.75, 3.05) is 24.3 Å². The molecular weight excluding hydrogens is 236 g/mol. The van der Waals surface area contributed by atoms with Crippen LogP contribution >= 0.6 is 11.6 Å². The van der Waals surface area contributed by atoms with Crippen molar-refractivity contribution < 1.29 is 4.74 Å². The zero-order valence-electron chi connectivity index (χ0n) is 10.4. The molecule has 0 spiro atoms. The molecule has 0 aliphatic carbocycles. The number of hydrogen-bond donors (Lipinski definition) is 1. The second kappa shape index (κ2) is 5.05. The summed E-state index contributed by atoms with van der Waals surface area (Å²) in [6.45, 7) is 3.25. The molecule has 0 saturated carbocycles. The molecule has 1 heterocycles. The molecule has 0 bridgehead atoms. The summed E-state index contributed by atoms with van der Waals surface area (Å²) in [6.07, 6.45) is 3.68. The van der Waals surface area contributed by atoms with Crippen molar-refractivity contribution in [2.24, 2.45) is 0 Å². The number of methoxy groups -OCH3 is 1. The Balaban J connectivity index is 2.37. The molecule has 2 N–H and O–H groups in total. The van der Waals surface area contributed by atoms with Gasteiger partial charge in [0.25, 0.3) is 0 Å². The number of benzene rings is 1. The Kier molecular flexibility index (Phi) is 3.67. The molecule has 3 nitrogen and oxygen atoms in total. The molecule has 2 rings (SSSR count). The van der Waals surface area contributed by atoms with E-state index in [2.05, 4.69) is 11.8 Å². The molecule has 94 valence electrons. The molecular formula is C13H19ClN2O. The van der Waals surface area contributed by atoms with Gasteiger partial charge in [-0.1, -0.05) is 11.6 Å². The maximum atomic E-state index is 6.31. The zero-order chi connectivity index (χ0) is 12.4. The van der Waals surface area contributed by atoms with Crippen LogP contribution in [0.5, 0.6) is 5.75 Å². The maximum Gasteiger partial charge on any atom is 0.122 e. The van der Waals surface area contributed by atoms with E-state index in [4.69, 9.17) is 22.1 Å². The van der Waals surface area contributed by atoms with Crippen molar-refractivity contribution >= 4 is 23.0 Å². The summed E-state index contributed by atoms with van der Waals surface area (Å²) in [7, 11) is 1.62. The fraction of sp³-hybridized carbons (Fsp3) is 0.538. The van der Waals surface area contributed by atoms with Gasteiger partial charge in [-0.3, -0.25) is 0 Å². The van der Waals surface area contributed by atoms with Gasteiger partial charge in [0.1, 0.15) is 5.75 Å². The molecule has 17 heavy (non-hydrogen) atoms. The SMILES string of the molecule is COc1cc(N)c(N2CCCC[C@@H]2C)c(Cl)c1. The normalized spacial score (nSPS) is 20.4. The van der Waals surface area contributed by atoms with Gasteiger partial charge in [-0.25, -0.2) is 0 Å². The van der Waals surface area contributed by atoms with Gasteiger partial charge in [0.2, 0.25) is 0 Å². The molecule has 4 heteroatoms. The van der Waals surface area contributed by atoms with Gasteiger partial charge in [0, 0.05) is 24.7 Å². The number of anilines is 2. The summed E-state index contributed by atoms with van der Waals surface area (Å²) in [5.41, 5.74) is 7.74. The topological polar surface area (TPSA) is 38.5 Å². The number of rotatable bonds is 2. The van der Waals surface area contributed by atoms with Gasteiger partial charge in [-0.15, -0.1) is 0 Å². The smallest absolute Gasteiger partial charge is 0.122 e. The van der Waals surface area contributed by atoms with Crippen molar-refractivity contribution in [1.82, 2.24) is 0 Å². The average Bonchev–Trinajstić information content (AvgIpc) is 2.30. The molecule has 1 aliphatic rings. The number of nitrogens with zero attached hydrogens (tertiary/aromatic N) is 1. The number of nitrogens with two attached hydrogens (primary N) is 1. The lowest BCUT2D eigenvalue weighted by Gasteiger charge is -2.36. The predicted octanol–water partition coefficient (Wildman–Crippen LogP) is 3.31. The molecule has 0 unspecified atom stereocenters. The average molecular weight is 255 g/mol. The molecule has 1 atom stereocenters. The quantitative estimate of drug-likeness (QED) is 0.823. The van der Waals surface area contributed by atoms with Gasteiger partial charge in [-0.05, 0) is 26.2 Å². The largest absolute Gasteiger partial charge is 0.497 e. The summed E-state index contributed by atoms with van der Waals surface area (Å²) in [5.74, 6) is 0.709. The number of ether oxygens (including phenoxy) is 1. The molecule has 0 amide bonds. The van der Waals surface area contributed by atoms with E-state index in [1.165, 1.54) is 19.3 Å². The first-order chi connectivity index (χ1) is 8.13. The lowest BCUT2D eigenvalue weighted by molar-refractivity contribution is 0.415. The van der Waals surface area contributed by atoms with E-state index < -0.39 is 0 Å². The highest BCUT2D eigenvalue weighted by molar-refractivity contribution is 6.34. The standard InChI is InChI=1S/C13H19ClN2O/c1-9-5-3-4-6-16(9)13-11(14)7-10(17-2)8-12(13)15/h7-9H,3-6,15H2,1-2H3/t9-/m0/s1. The number of hydrogen-bond acceptors (Lipinski definition) is 3. The molecule has 0 radical (unpaired) electrons. The predicted molar refractivity (Wildman–Crippen MR) is 73.1 cm³/mol. The Morgan fingerprint density at radius 3 is 2.76 bits per heavy atom. The third-order valence-corrected chi connectivity index (χ3v) is 3.68. The number of nitrogen functional groups attached to an aromatic ring is 1. The highest BCUT2D eigenvalue weighted by Gasteiger charge is 2.23. The summed E-state index contributed by atoms with van der Waals surface area (Å²) >= 11 is 6.31. The lowest BCUT2D eigenvalue weighted by atomic mass is 10.0. The minimum atomic E-state index is 0.497. The fourth-order valence-corrected chi connectivity index (χ4v) is 2.77. The minimum Gasteiger partial charge on any atom is -0.497 e. The van der Waals surface area contributed by atoms with Crippen LogP contribution < -0.4 is 15.4 Å². The van der Waals surface area contributed by atoms with Gasteiger partial charge in [0.15, 0.2) is 0 Å². The Bertz CT molecular complexity index is 385. The van der Waals surface area contributed by atoms with E-state index in [0.717, 1.165) is 12.2 Å². The first-order valence-corrected chi connectivity index (χ1v) is 6.41. The molecule has 1 saturated heterocycles. The van der Waals surface area contributed by atoms with E-state index in [1.54, 1.807) is 7.11 Å². The molecule has 1 aromatic carbocycles. The van der Waals surface area contributed by atoms with Crippen LogP contribution in [-0.4, -0.2) is 19.7 Å². The van der Waals surface area contributed by atoms with Crippen LogP contribution in [0.1, 0.15) is 26.2 Å². The summed E-state index contributed by atoms with van der Waals surface area (Å²) in [4.78, 5) is 2.31. The van der Waals surface area contributed by atoms with Crippen LogP contribution in [0.15, 0.2) is 12.1 Å². The summed E-state index contributed by atoms with van der Waals surface area (Å²) < 4.78 is 5.16. The fourth-order valence-electron chi connectivity index (χ4n) is 2.45. The summed E-state index contributed by atoms with van der Waals surface area (Å²) in [5, 5.41) is 0.676. The Hall–Kier alpha value is -1.09. The van der Waals surface area contributed by atoms with Crippen molar-refractivity contribution in [1.29, 1.82) is 0 Å².